The normalized spacial score (nSPS) is 10.5. The van der Waals surface area contributed by atoms with Crippen LogP contribution in [0.4, 0.5) is 9.59 Å². The molecule has 2 aromatic carbocycles. The summed E-state index contributed by atoms with van der Waals surface area (Å²) in [5.74, 6) is 0.149. The quantitative estimate of drug-likeness (QED) is 0.496. The summed E-state index contributed by atoms with van der Waals surface area (Å²) >= 11 is 0. The van der Waals surface area contributed by atoms with Gasteiger partial charge in [0.15, 0.2) is 0 Å². The molecule has 8 heteroatoms. The van der Waals surface area contributed by atoms with E-state index in [0.717, 1.165) is 10.8 Å². The zero-order valence-corrected chi connectivity index (χ0v) is 16.6. The Balaban J connectivity index is 0.000000171. The Hall–Kier alpha value is -3.94. The average molecular weight is 410 g/mol. The van der Waals surface area contributed by atoms with Crippen molar-refractivity contribution in [2.45, 2.75) is 13.8 Å². The molecule has 2 aromatic heterocycles. The highest BCUT2D eigenvalue weighted by Crippen LogP contribution is 2.26. The van der Waals surface area contributed by atoms with Crippen molar-refractivity contribution in [2.75, 3.05) is 13.2 Å². The molecule has 4 aromatic rings. The summed E-state index contributed by atoms with van der Waals surface area (Å²) in [5.41, 5.74) is 0.965. The number of carbonyl (C=O) groups excluding carboxylic acids is 2. The number of aromatic nitrogens is 2. The summed E-state index contributed by atoms with van der Waals surface area (Å²) in [7, 11) is 0. The Morgan fingerprint density at radius 2 is 1.13 bits per heavy atom. The topological polar surface area (TPSA) is 103 Å². The third-order valence-corrected chi connectivity index (χ3v) is 4.31. The van der Waals surface area contributed by atoms with E-state index in [1.54, 1.807) is 50.5 Å². The van der Waals surface area contributed by atoms with E-state index in [-0.39, 0.29) is 11.5 Å². The Labute approximate surface area is 172 Å². The van der Waals surface area contributed by atoms with Crippen LogP contribution in [0.2, 0.25) is 0 Å². The number of benzene rings is 2. The van der Waals surface area contributed by atoms with E-state index in [1.807, 2.05) is 12.1 Å². The average Bonchev–Trinajstić information content (AvgIpc) is 3.35. The van der Waals surface area contributed by atoms with Gasteiger partial charge in [0.1, 0.15) is 22.5 Å². The summed E-state index contributed by atoms with van der Waals surface area (Å²) in [4.78, 5) is 23.0. The molecular formula is C22H22N2O6. The monoisotopic (exact) mass is 410 g/mol. The number of carbonyl (C=O) groups is 2. The van der Waals surface area contributed by atoms with Crippen LogP contribution in [0.5, 0.6) is 11.5 Å². The number of fused-ring (bicyclic) bond motifs is 2. The molecule has 0 fully saturated rings. The number of ether oxygens (including phenoxy) is 2. The molecule has 0 saturated carbocycles. The Bertz CT molecular complexity index is 1100. The predicted octanol–water partition coefficient (Wildman–Crippen LogP) is 4.70. The molecule has 0 saturated heterocycles. The molecule has 0 atom stereocenters. The highest BCUT2D eigenvalue weighted by molar-refractivity contribution is 5.94. The third-order valence-electron chi connectivity index (χ3n) is 4.31. The van der Waals surface area contributed by atoms with Gasteiger partial charge in [-0.25, -0.2) is 18.7 Å². The first-order valence-corrected chi connectivity index (χ1v) is 9.40. The lowest BCUT2D eigenvalue weighted by atomic mass is 10.2. The fraction of sp³-hybridized carbons (Fsp3) is 0.182. The van der Waals surface area contributed by atoms with Crippen LogP contribution in [0.3, 0.4) is 0 Å². The number of phenolic OH excluding ortho intramolecular Hbond substituents is 2. The lowest BCUT2D eigenvalue weighted by molar-refractivity contribution is 0.154. The van der Waals surface area contributed by atoms with Crippen LogP contribution in [0.15, 0.2) is 60.9 Å². The number of para-hydroxylation sites is 2. The van der Waals surface area contributed by atoms with Crippen molar-refractivity contribution < 1.29 is 29.3 Å². The molecule has 0 aliphatic heterocycles. The number of nitrogens with zero attached hydrogens (tertiary/aromatic N) is 2. The van der Waals surface area contributed by atoms with Gasteiger partial charge in [0.25, 0.3) is 0 Å². The van der Waals surface area contributed by atoms with Crippen LogP contribution in [0.25, 0.3) is 21.8 Å². The van der Waals surface area contributed by atoms with E-state index in [9.17, 15) is 19.8 Å². The van der Waals surface area contributed by atoms with Crippen LogP contribution in [0.1, 0.15) is 13.8 Å². The zero-order chi connectivity index (χ0) is 21.7. The third kappa shape index (κ3) is 4.07. The summed E-state index contributed by atoms with van der Waals surface area (Å²) in [5, 5.41) is 20.9. The van der Waals surface area contributed by atoms with Gasteiger partial charge in [-0.1, -0.05) is 24.3 Å². The van der Waals surface area contributed by atoms with Crippen molar-refractivity contribution in [3.63, 3.8) is 0 Å². The molecule has 0 bridgehead atoms. The van der Waals surface area contributed by atoms with Gasteiger partial charge >= 0.3 is 12.2 Å². The minimum absolute atomic E-state index is 0.0746. The second-order valence-electron chi connectivity index (χ2n) is 6.20. The molecule has 0 spiro atoms. The largest absolute Gasteiger partial charge is 0.506 e. The first-order chi connectivity index (χ1) is 14.5. The van der Waals surface area contributed by atoms with E-state index in [2.05, 4.69) is 0 Å². The molecule has 0 unspecified atom stereocenters. The molecule has 0 amide bonds. The summed E-state index contributed by atoms with van der Waals surface area (Å²) < 4.78 is 12.3. The zero-order valence-electron chi connectivity index (χ0n) is 16.6. The van der Waals surface area contributed by atoms with Crippen LogP contribution in [0, 0.1) is 0 Å². The first kappa shape index (κ1) is 20.8. The maximum absolute atomic E-state index is 11.5. The fourth-order valence-electron chi connectivity index (χ4n) is 3.04. The smallest absolute Gasteiger partial charge is 0.418 e. The SMILES string of the molecule is CCOC(=O)n1ccc2cccc(O)c21.CCOC(=O)n1ccc2cccc(O)c21. The van der Waals surface area contributed by atoms with Gasteiger partial charge in [-0.2, -0.15) is 0 Å². The van der Waals surface area contributed by atoms with E-state index in [1.165, 1.54) is 21.3 Å². The van der Waals surface area contributed by atoms with Crippen molar-refractivity contribution in [1.29, 1.82) is 0 Å². The number of aromatic hydroxyl groups is 2. The highest BCUT2D eigenvalue weighted by Gasteiger charge is 2.13. The van der Waals surface area contributed by atoms with Gasteiger partial charge in [-0.05, 0) is 38.1 Å². The van der Waals surface area contributed by atoms with Crippen molar-refractivity contribution >= 4 is 34.0 Å². The highest BCUT2D eigenvalue weighted by atomic mass is 16.6. The van der Waals surface area contributed by atoms with Gasteiger partial charge in [0.2, 0.25) is 0 Å². The van der Waals surface area contributed by atoms with Crippen LogP contribution in [-0.2, 0) is 9.47 Å². The van der Waals surface area contributed by atoms with Crippen LogP contribution < -0.4 is 0 Å². The summed E-state index contributed by atoms with van der Waals surface area (Å²) in [6, 6.07) is 13.7. The molecule has 2 heterocycles. The van der Waals surface area contributed by atoms with E-state index >= 15 is 0 Å². The molecule has 4 rings (SSSR count). The second-order valence-corrected chi connectivity index (χ2v) is 6.20. The Kier molecular flexibility index (Phi) is 6.26. The maximum atomic E-state index is 11.5. The minimum Gasteiger partial charge on any atom is -0.506 e. The number of hydrogen-bond donors (Lipinski definition) is 2. The molecule has 8 nitrogen and oxygen atoms in total. The van der Waals surface area contributed by atoms with Crippen molar-refractivity contribution in [1.82, 2.24) is 9.13 Å². The Morgan fingerprint density at radius 1 is 0.733 bits per heavy atom. The molecule has 0 aliphatic rings. The van der Waals surface area contributed by atoms with Crippen molar-refractivity contribution in [3.05, 3.63) is 60.9 Å². The predicted molar refractivity (Wildman–Crippen MR) is 112 cm³/mol. The van der Waals surface area contributed by atoms with Crippen LogP contribution >= 0.6 is 0 Å². The summed E-state index contributed by atoms with van der Waals surface area (Å²) in [6.07, 6.45) is 2.22. The Morgan fingerprint density at radius 3 is 1.50 bits per heavy atom. The maximum Gasteiger partial charge on any atom is 0.418 e. The molecule has 156 valence electrons. The lowest BCUT2D eigenvalue weighted by Crippen LogP contribution is -2.11. The van der Waals surface area contributed by atoms with Gasteiger partial charge in [0, 0.05) is 23.2 Å². The van der Waals surface area contributed by atoms with Gasteiger partial charge in [-0.15, -0.1) is 0 Å². The molecular weight excluding hydrogens is 388 g/mol. The number of rotatable bonds is 2. The minimum atomic E-state index is -0.478. The van der Waals surface area contributed by atoms with E-state index in [4.69, 9.17) is 9.47 Å². The molecule has 30 heavy (non-hydrogen) atoms. The fourth-order valence-corrected chi connectivity index (χ4v) is 3.04. The standard InChI is InChI=1S/2C11H11NO3/c2*1-2-15-11(14)12-7-6-8-4-3-5-9(13)10(8)12/h2*3-7,13H,2H2,1H3. The van der Waals surface area contributed by atoms with Crippen LogP contribution in [-0.4, -0.2) is 44.7 Å². The van der Waals surface area contributed by atoms with Crippen molar-refractivity contribution in [3.8, 4) is 11.5 Å². The first-order valence-electron chi connectivity index (χ1n) is 9.40. The van der Waals surface area contributed by atoms with E-state index < -0.39 is 12.2 Å². The molecule has 0 radical (unpaired) electrons. The summed E-state index contributed by atoms with van der Waals surface area (Å²) in [6.45, 7) is 4.10. The van der Waals surface area contributed by atoms with Gasteiger partial charge in [0.05, 0.1) is 13.2 Å². The number of phenols is 2. The van der Waals surface area contributed by atoms with Gasteiger partial charge < -0.3 is 19.7 Å². The molecule has 2 N–H and O–H groups in total. The van der Waals surface area contributed by atoms with E-state index in [0.29, 0.717) is 24.2 Å². The number of hydrogen-bond acceptors (Lipinski definition) is 6. The second kappa shape index (κ2) is 9.04. The lowest BCUT2D eigenvalue weighted by Gasteiger charge is -2.04. The van der Waals surface area contributed by atoms with Crippen molar-refractivity contribution in [2.24, 2.45) is 0 Å². The molecule has 0 aliphatic carbocycles. The van der Waals surface area contributed by atoms with Gasteiger partial charge in [-0.3, -0.25) is 0 Å².